The molecule has 0 bridgehead atoms. The molecule has 0 amide bonds. The predicted octanol–water partition coefficient (Wildman–Crippen LogP) is 2.60. The predicted molar refractivity (Wildman–Crippen MR) is 56.6 cm³/mol. The second kappa shape index (κ2) is 3.91. The minimum absolute atomic E-state index is 0.187. The summed E-state index contributed by atoms with van der Waals surface area (Å²) in [6.45, 7) is 2.74. The standard InChI is InChI=1S/C12H16FNO/c1-9(12(6-7-12)8-15-14)10-2-4-11(13)5-3-10/h2-5,9H,6-8,14H2,1H3. The van der Waals surface area contributed by atoms with Gasteiger partial charge in [0.05, 0.1) is 6.61 Å². The average molecular weight is 209 g/mol. The zero-order chi connectivity index (χ0) is 10.9. The Balaban J connectivity index is 2.13. The van der Waals surface area contributed by atoms with Crippen molar-refractivity contribution in [3.8, 4) is 0 Å². The summed E-state index contributed by atoms with van der Waals surface area (Å²) in [4.78, 5) is 4.76. The monoisotopic (exact) mass is 209 g/mol. The second-order valence-electron chi connectivity index (χ2n) is 4.45. The van der Waals surface area contributed by atoms with Crippen LogP contribution in [0.5, 0.6) is 0 Å². The smallest absolute Gasteiger partial charge is 0.123 e. The van der Waals surface area contributed by atoms with Gasteiger partial charge in [-0.05, 0) is 36.5 Å². The summed E-state index contributed by atoms with van der Waals surface area (Å²) in [6, 6.07) is 6.70. The van der Waals surface area contributed by atoms with Crippen LogP contribution in [0.4, 0.5) is 4.39 Å². The maximum Gasteiger partial charge on any atom is 0.123 e. The number of rotatable bonds is 4. The van der Waals surface area contributed by atoms with Gasteiger partial charge in [-0.3, -0.25) is 0 Å². The van der Waals surface area contributed by atoms with Crippen molar-refractivity contribution in [2.24, 2.45) is 11.3 Å². The SMILES string of the molecule is CC(c1ccc(F)cc1)C1(CON)CC1. The lowest BCUT2D eigenvalue weighted by atomic mass is 9.85. The van der Waals surface area contributed by atoms with Crippen molar-refractivity contribution < 1.29 is 9.23 Å². The molecule has 0 spiro atoms. The van der Waals surface area contributed by atoms with Gasteiger partial charge in [-0.25, -0.2) is 10.3 Å². The fourth-order valence-corrected chi connectivity index (χ4v) is 2.13. The molecule has 0 aliphatic heterocycles. The molecule has 1 saturated carbocycles. The first-order chi connectivity index (χ1) is 7.18. The summed E-state index contributed by atoms with van der Waals surface area (Å²) in [5.74, 6) is 5.32. The highest BCUT2D eigenvalue weighted by molar-refractivity contribution is 5.24. The van der Waals surface area contributed by atoms with Gasteiger partial charge in [0.15, 0.2) is 0 Å². The molecule has 1 aromatic carbocycles. The van der Waals surface area contributed by atoms with Gasteiger partial charge < -0.3 is 4.84 Å². The van der Waals surface area contributed by atoms with E-state index in [-0.39, 0.29) is 11.2 Å². The van der Waals surface area contributed by atoms with Crippen molar-refractivity contribution in [1.29, 1.82) is 0 Å². The Morgan fingerprint density at radius 2 is 2.00 bits per heavy atom. The first-order valence-electron chi connectivity index (χ1n) is 5.25. The molecule has 2 N–H and O–H groups in total. The summed E-state index contributed by atoms with van der Waals surface area (Å²) in [7, 11) is 0. The third kappa shape index (κ3) is 2.03. The summed E-state index contributed by atoms with van der Waals surface area (Å²) in [5, 5.41) is 0. The van der Waals surface area contributed by atoms with E-state index < -0.39 is 0 Å². The van der Waals surface area contributed by atoms with E-state index in [1.165, 1.54) is 12.1 Å². The largest absolute Gasteiger partial charge is 0.304 e. The zero-order valence-electron chi connectivity index (χ0n) is 8.87. The fraction of sp³-hybridized carbons (Fsp3) is 0.500. The Kier molecular flexibility index (Phi) is 2.76. The van der Waals surface area contributed by atoms with Crippen LogP contribution in [0.3, 0.4) is 0 Å². The third-order valence-corrected chi connectivity index (χ3v) is 3.55. The highest BCUT2D eigenvalue weighted by Crippen LogP contribution is 2.55. The Morgan fingerprint density at radius 1 is 1.40 bits per heavy atom. The van der Waals surface area contributed by atoms with Gasteiger partial charge in [0.1, 0.15) is 5.82 Å². The van der Waals surface area contributed by atoms with Gasteiger partial charge >= 0.3 is 0 Å². The first-order valence-corrected chi connectivity index (χ1v) is 5.25. The normalized spacial score (nSPS) is 19.9. The molecule has 0 saturated heterocycles. The van der Waals surface area contributed by atoms with Crippen LogP contribution in [-0.4, -0.2) is 6.61 Å². The van der Waals surface area contributed by atoms with Crippen LogP contribution in [0.15, 0.2) is 24.3 Å². The maximum absolute atomic E-state index is 12.8. The number of hydrogen-bond acceptors (Lipinski definition) is 2. The van der Waals surface area contributed by atoms with Crippen LogP contribution in [-0.2, 0) is 4.84 Å². The molecule has 82 valence electrons. The van der Waals surface area contributed by atoms with Crippen molar-refractivity contribution in [2.45, 2.75) is 25.7 Å². The topological polar surface area (TPSA) is 35.2 Å². The molecule has 1 aromatic rings. The molecule has 0 aromatic heterocycles. The molecule has 3 heteroatoms. The number of halogens is 1. The molecule has 15 heavy (non-hydrogen) atoms. The summed E-state index contributed by atoms with van der Waals surface area (Å²) >= 11 is 0. The van der Waals surface area contributed by atoms with E-state index in [4.69, 9.17) is 10.7 Å². The van der Waals surface area contributed by atoms with E-state index in [9.17, 15) is 4.39 Å². The number of hydrogen-bond donors (Lipinski definition) is 1. The molecule has 0 heterocycles. The van der Waals surface area contributed by atoms with Gasteiger partial charge in [0.25, 0.3) is 0 Å². The minimum Gasteiger partial charge on any atom is -0.304 e. The lowest BCUT2D eigenvalue weighted by molar-refractivity contribution is 0.0822. The second-order valence-corrected chi connectivity index (χ2v) is 4.45. The molecule has 1 aliphatic carbocycles. The van der Waals surface area contributed by atoms with E-state index in [0.29, 0.717) is 12.5 Å². The summed E-state index contributed by atoms with van der Waals surface area (Å²) in [5.41, 5.74) is 1.35. The molecular weight excluding hydrogens is 193 g/mol. The first kappa shape index (κ1) is 10.6. The molecule has 0 radical (unpaired) electrons. The maximum atomic E-state index is 12.8. The summed E-state index contributed by atoms with van der Waals surface area (Å²) < 4.78 is 12.8. The fourth-order valence-electron chi connectivity index (χ4n) is 2.13. The van der Waals surface area contributed by atoms with Gasteiger partial charge in [0, 0.05) is 5.41 Å². The van der Waals surface area contributed by atoms with Crippen LogP contribution in [0.2, 0.25) is 0 Å². The lowest BCUT2D eigenvalue weighted by Gasteiger charge is -2.22. The van der Waals surface area contributed by atoms with E-state index in [1.54, 1.807) is 0 Å². The third-order valence-electron chi connectivity index (χ3n) is 3.55. The van der Waals surface area contributed by atoms with E-state index >= 15 is 0 Å². The van der Waals surface area contributed by atoms with Crippen molar-refractivity contribution in [3.63, 3.8) is 0 Å². The van der Waals surface area contributed by atoms with Crippen LogP contribution in [0.25, 0.3) is 0 Å². The van der Waals surface area contributed by atoms with Gasteiger partial charge in [-0.2, -0.15) is 0 Å². The van der Waals surface area contributed by atoms with E-state index in [0.717, 1.165) is 18.4 Å². The van der Waals surface area contributed by atoms with E-state index in [2.05, 4.69) is 6.92 Å². The number of benzene rings is 1. The Bertz CT molecular complexity index is 332. The molecular formula is C12H16FNO. The Labute approximate surface area is 89.2 Å². The molecule has 1 unspecified atom stereocenters. The van der Waals surface area contributed by atoms with Crippen LogP contribution in [0, 0.1) is 11.2 Å². The van der Waals surface area contributed by atoms with Gasteiger partial charge in [-0.15, -0.1) is 0 Å². The molecule has 1 atom stereocenters. The zero-order valence-corrected chi connectivity index (χ0v) is 8.87. The Hall–Kier alpha value is -0.930. The highest BCUT2D eigenvalue weighted by Gasteiger charge is 2.47. The molecule has 1 aliphatic rings. The molecule has 2 nitrogen and oxygen atoms in total. The average Bonchev–Trinajstić information content (AvgIpc) is 3.00. The van der Waals surface area contributed by atoms with Crippen molar-refractivity contribution in [3.05, 3.63) is 35.6 Å². The van der Waals surface area contributed by atoms with Gasteiger partial charge in [0.2, 0.25) is 0 Å². The van der Waals surface area contributed by atoms with Crippen LogP contribution in [0.1, 0.15) is 31.2 Å². The van der Waals surface area contributed by atoms with Crippen molar-refractivity contribution >= 4 is 0 Å². The quantitative estimate of drug-likeness (QED) is 0.773. The molecule has 1 fully saturated rings. The van der Waals surface area contributed by atoms with E-state index in [1.807, 2.05) is 12.1 Å². The number of nitrogens with two attached hydrogens (primary N) is 1. The minimum atomic E-state index is -0.189. The Morgan fingerprint density at radius 3 is 2.47 bits per heavy atom. The van der Waals surface area contributed by atoms with Crippen molar-refractivity contribution in [2.75, 3.05) is 6.61 Å². The highest BCUT2D eigenvalue weighted by atomic mass is 19.1. The summed E-state index contributed by atoms with van der Waals surface area (Å²) in [6.07, 6.45) is 2.28. The molecule has 2 rings (SSSR count). The van der Waals surface area contributed by atoms with Crippen molar-refractivity contribution in [1.82, 2.24) is 0 Å². The van der Waals surface area contributed by atoms with Crippen LogP contribution >= 0.6 is 0 Å². The lowest BCUT2D eigenvalue weighted by Crippen LogP contribution is -2.20. The van der Waals surface area contributed by atoms with Gasteiger partial charge in [-0.1, -0.05) is 19.1 Å². The van der Waals surface area contributed by atoms with Crippen LogP contribution < -0.4 is 5.90 Å².